The van der Waals surface area contributed by atoms with Crippen LogP contribution in [-0.2, 0) is 15.1 Å². The molecule has 2 heterocycles. The van der Waals surface area contributed by atoms with Gasteiger partial charge in [0.1, 0.15) is 35.1 Å². The van der Waals surface area contributed by atoms with E-state index < -0.39 is 29.2 Å². The van der Waals surface area contributed by atoms with E-state index in [0.717, 1.165) is 6.07 Å². The summed E-state index contributed by atoms with van der Waals surface area (Å²) in [5.74, 6) is -1.68. The van der Waals surface area contributed by atoms with Crippen molar-refractivity contribution in [3.63, 3.8) is 0 Å². The molecule has 3 rings (SSSR count). The molecule has 0 aliphatic carbocycles. The number of fused-ring (bicyclic) bond motifs is 1. The van der Waals surface area contributed by atoms with Gasteiger partial charge in [-0.15, -0.1) is 0 Å². The lowest BCUT2D eigenvalue weighted by Crippen LogP contribution is -2.51. The van der Waals surface area contributed by atoms with E-state index in [2.05, 4.69) is 9.98 Å². The molecule has 1 fully saturated rings. The number of ether oxygens (including phenoxy) is 1. The Balaban J connectivity index is 1.93. The van der Waals surface area contributed by atoms with Gasteiger partial charge >= 0.3 is 0 Å². The third-order valence-corrected chi connectivity index (χ3v) is 5.76. The maximum atomic E-state index is 14.5. The van der Waals surface area contributed by atoms with Gasteiger partial charge in [-0.05, 0) is 18.9 Å². The molecule has 2 N–H and O–H groups in total. The van der Waals surface area contributed by atoms with Crippen LogP contribution in [0.25, 0.3) is 0 Å². The highest BCUT2D eigenvalue weighted by Gasteiger charge is 2.50. The van der Waals surface area contributed by atoms with E-state index in [-0.39, 0.29) is 30.2 Å². The van der Waals surface area contributed by atoms with Crippen LogP contribution in [0.15, 0.2) is 28.2 Å². The Kier molecular flexibility index (Phi) is 5.58. The van der Waals surface area contributed by atoms with Crippen molar-refractivity contribution in [3.8, 4) is 6.07 Å². The van der Waals surface area contributed by atoms with Crippen molar-refractivity contribution >= 4 is 28.5 Å². The summed E-state index contributed by atoms with van der Waals surface area (Å²) < 4.78 is 33.5. The topological polar surface area (TPSA) is 101 Å². The van der Waals surface area contributed by atoms with E-state index >= 15 is 0 Å². The number of hydrogen-bond acceptors (Lipinski definition) is 6. The minimum atomic E-state index is -1.11. The lowest BCUT2D eigenvalue weighted by atomic mass is 9.75. The maximum Gasteiger partial charge on any atom is 0.275 e. The van der Waals surface area contributed by atoms with Gasteiger partial charge in [0.25, 0.3) is 5.91 Å². The van der Waals surface area contributed by atoms with Crippen LogP contribution >= 0.6 is 11.8 Å². The summed E-state index contributed by atoms with van der Waals surface area (Å²) in [7, 11) is 0. The average Bonchev–Trinajstić information content (AvgIpc) is 2.65. The third-order valence-electron chi connectivity index (χ3n) is 4.80. The van der Waals surface area contributed by atoms with Crippen molar-refractivity contribution in [2.75, 3.05) is 12.4 Å². The van der Waals surface area contributed by atoms with Crippen molar-refractivity contribution in [2.45, 2.75) is 31.4 Å². The quantitative estimate of drug-likeness (QED) is 0.797. The van der Waals surface area contributed by atoms with Crippen LogP contribution in [0, 0.1) is 28.9 Å². The van der Waals surface area contributed by atoms with Crippen molar-refractivity contribution in [1.29, 1.82) is 5.26 Å². The zero-order valence-electron chi connectivity index (χ0n) is 14.6. The Morgan fingerprint density at radius 1 is 1.56 bits per heavy atom. The van der Waals surface area contributed by atoms with Crippen molar-refractivity contribution in [2.24, 2.45) is 21.6 Å². The summed E-state index contributed by atoms with van der Waals surface area (Å²) in [6.07, 6.45) is -0.234. The van der Waals surface area contributed by atoms with Gasteiger partial charge in [0.15, 0.2) is 5.17 Å². The fourth-order valence-corrected chi connectivity index (χ4v) is 4.38. The minimum absolute atomic E-state index is 0.0819. The predicted octanol–water partition coefficient (Wildman–Crippen LogP) is 2.53. The van der Waals surface area contributed by atoms with Gasteiger partial charge < -0.3 is 10.5 Å². The fourth-order valence-electron chi connectivity index (χ4n) is 3.37. The van der Waals surface area contributed by atoms with Gasteiger partial charge in [0, 0.05) is 23.3 Å². The second-order valence-electron chi connectivity index (χ2n) is 6.40. The molecule has 6 nitrogen and oxygen atoms in total. The second-order valence-corrected chi connectivity index (χ2v) is 7.44. The summed E-state index contributed by atoms with van der Waals surface area (Å²) in [4.78, 5) is 20.6. The molecule has 2 aliphatic rings. The Hall–Kier alpha value is -2.31. The highest BCUT2D eigenvalue weighted by Crippen LogP contribution is 2.46. The predicted molar refractivity (Wildman–Crippen MR) is 98.3 cm³/mol. The van der Waals surface area contributed by atoms with E-state index in [1.807, 2.05) is 6.07 Å². The van der Waals surface area contributed by atoms with Gasteiger partial charge in [0.05, 0.1) is 6.61 Å². The molecule has 2 aliphatic heterocycles. The Labute approximate surface area is 159 Å². The van der Waals surface area contributed by atoms with Gasteiger partial charge in [-0.2, -0.15) is 5.26 Å². The molecule has 0 saturated carbocycles. The number of rotatable bonds is 3. The first kappa shape index (κ1) is 19.5. The zero-order chi connectivity index (χ0) is 19.6. The van der Waals surface area contributed by atoms with Crippen LogP contribution in [0.3, 0.4) is 0 Å². The summed E-state index contributed by atoms with van der Waals surface area (Å²) in [6.45, 7) is 1.65. The van der Waals surface area contributed by atoms with Crippen LogP contribution in [0.1, 0.15) is 25.3 Å². The molecule has 1 saturated heterocycles. The number of nitrogens with two attached hydrogens (primary N) is 1. The fraction of sp³-hybridized carbons (Fsp3) is 0.444. The van der Waals surface area contributed by atoms with Crippen LogP contribution in [0.4, 0.5) is 8.78 Å². The van der Waals surface area contributed by atoms with Crippen LogP contribution < -0.4 is 5.73 Å². The molecule has 0 bridgehead atoms. The number of nitriles is 1. The summed E-state index contributed by atoms with van der Waals surface area (Å²) in [5, 5.41) is 9.24. The molecular formula is C18H18F2N4O2S. The first-order valence-electron chi connectivity index (χ1n) is 8.46. The molecule has 0 aromatic heterocycles. The standard InChI is InChI=1S/C18H18F2N4O2S/c1-2-12(7-21)23-16(25)15-5-10-8-27-17(22)24-18(10,9-26-15)13-4-3-11(19)6-14(13)20/h3-4,6,10,15H,2,5,8-9H2,1H3,(H2,22,24)/t10-,15+,18-/m0/s1. The molecule has 3 atom stereocenters. The van der Waals surface area contributed by atoms with Crippen molar-refractivity contribution in [3.05, 3.63) is 35.4 Å². The lowest BCUT2D eigenvalue weighted by Gasteiger charge is -2.45. The number of carbonyl (C=O) groups excluding carboxylic acids is 1. The van der Waals surface area contributed by atoms with Crippen LogP contribution in [0.5, 0.6) is 0 Å². The number of amides is 1. The minimum Gasteiger partial charge on any atom is -0.379 e. The summed E-state index contributed by atoms with van der Waals surface area (Å²) >= 11 is 1.32. The second kappa shape index (κ2) is 7.74. The molecule has 0 radical (unpaired) electrons. The van der Waals surface area contributed by atoms with Gasteiger partial charge in [-0.1, -0.05) is 24.8 Å². The van der Waals surface area contributed by atoms with Crippen molar-refractivity contribution in [1.82, 2.24) is 0 Å². The van der Waals surface area contributed by atoms with Crippen LogP contribution in [0.2, 0.25) is 0 Å². The molecule has 1 amide bonds. The lowest BCUT2D eigenvalue weighted by molar-refractivity contribution is -0.138. The first-order chi connectivity index (χ1) is 12.9. The molecular weight excluding hydrogens is 374 g/mol. The number of thioether (sulfide) groups is 1. The largest absolute Gasteiger partial charge is 0.379 e. The number of nitrogens with zero attached hydrogens (tertiary/aromatic N) is 3. The van der Waals surface area contributed by atoms with E-state index in [9.17, 15) is 13.6 Å². The Bertz CT molecular complexity index is 867. The normalized spacial score (nSPS) is 28.1. The SMILES string of the molecule is CCC(C#N)=NC(=O)[C@H]1C[C@H]2CSC(N)=N[C@@]2(c2ccc(F)cc2F)CO1. The molecule has 0 unspecified atom stereocenters. The molecule has 1 aromatic carbocycles. The number of aliphatic imine (C=N–C) groups is 2. The average molecular weight is 392 g/mol. The number of amidine groups is 1. The molecule has 9 heteroatoms. The Morgan fingerprint density at radius 2 is 2.33 bits per heavy atom. The van der Waals surface area contributed by atoms with Gasteiger partial charge in [-0.3, -0.25) is 4.79 Å². The number of carbonyl (C=O) groups is 1. The Morgan fingerprint density at radius 3 is 3.00 bits per heavy atom. The molecule has 1 aromatic rings. The highest BCUT2D eigenvalue weighted by atomic mass is 32.2. The smallest absolute Gasteiger partial charge is 0.275 e. The van der Waals surface area contributed by atoms with Crippen molar-refractivity contribution < 1.29 is 18.3 Å². The van der Waals surface area contributed by atoms with Crippen LogP contribution in [-0.4, -0.2) is 35.3 Å². The summed E-state index contributed by atoms with van der Waals surface area (Å²) in [5.41, 5.74) is 5.08. The number of benzene rings is 1. The molecule has 142 valence electrons. The zero-order valence-corrected chi connectivity index (χ0v) is 15.4. The van der Waals surface area contributed by atoms with E-state index in [1.54, 1.807) is 6.92 Å². The van der Waals surface area contributed by atoms with E-state index in [4.69, 9.17) is 15.7 Å². The van der Waals surface area contributed by atoms with Gasteiger partial charge in [0.2, 0.25) is 0 Å². The monoisotopic (exact) mass is 392 g/mol. The number of hydrogen-bond donors (Lipinski definition) is 1. The maximum absolute atomic E-state index is 14.5. The first-order valence-corrected chi connectivity index (χ1v) is 9.45. The van der Waals surface area contributed by atoms with E-state index in [1.165, 1.54) is 23.9 Å². The van der Waals surface area contributed by atoms with Gasteiger partial charge in [-0.25, -0.2) is 18.8 Å². The number of halogens is 2. The third kappa shape index (κ3) is 3.73. The summed E-state index contributed by atoms with van der Waals surface area (Å²) in [6, 6.07) is 5.19. The highest BCUT2D eigenvalue weighted by molar-refractivity contribution is 8.13. The molecule has 0 spiro atoms. The van der Waals surface area contributed by atoms with E-state index in [0.29, 0.717) is 17.3 Å². The molecule has 27 heavy (non-hydrogen) atoms.